The Balaban J connectivity index is 1.31. The van der Waals surface area contributed by atoms with E-state index in [0.717, 1.165) is 60.6 Å². The summed E-state index contributed by atoms with van der Waals surface area (Å²) in [4.78, 5) is 19.6. The lowest BCUT2D eigenvalue weighted by Crippen LogP contribution is -2.41. The Morgan fingerprint density at radius 1 is 1.28 bits per heavy atom. The number of fused-ring (bicyclic) bond motifs is 1. The second kappa shape index (κ2) is 12.8. The molecule has 1 aromatic carbocycles. The van der Waals surface area contributed by atoms with Crippen LogP contribution < -0.4 is 4.74 Å². The minimum Gasteiger partial charge on any atom is -0.497 e. The number of thiophene rings is 1. The normalized spacial score (nSPS) is 19.4. The standard InChI is InChI=1S/C28H34ClFN2O3S/c1-35-21-6-9-26-24(17-21)23(11-13-31-26)25(30)8-5-19-12-15-32(18-20(19)16-28(33)34)14-3-2-4-22-7-10-27(29)36-22/h6-7,9-11,13,17,19-20,25H,2-5,8,12,14-16,18H2,1H3,(H,33,34)/t19-,20+,25-/m1/s1. The number of aromatic nitrogens is 1. The monoisotopic (exact) mass is 532 g/mol. The molecule has 0 bridgehead atoms. The number of aliphatic carboxylic acids is 1. The van der Waals surface area contributed by atoms with Crippen molar-refractivity contribution in [3.05, 3.63) is 57.4 Å². The number of carboxylic acid groups (broad SMARTS) is 1. The number of likely N-dealkylation sites (tertiary alicyclic amines) is 1. The molecule has 1 fully saturated rings. The number of alkyl halides is 1. The number of halogens is 2. The first-order valence-electron chi connectivity index (χ1n) is 12.7. The van der Waals surface area contributed by atoms with Gasteiger partial charge in [-0.3, -0.25) is 9.78 Å². The molecule has 0 saturated carbocycles. The van der Waals surface area contributed by atoms with Crippen molar-refractivity contribution in [3.63, 3.8) is 0 Å². The van der Waals surface area contributed by atoms with E-state index in [-0.39, 0.29) is 18.3 Å². The molecule has 0 radical (unpaired) electrons. The maximum Gasteiger partial charge on any atom is 0.303 e. The predicted molar refractivity (Wildman–Crippen MR) is 144 cm³/mol. The Labute approximate surface area is 221 Å². The van der Waals surface area contributed by atoms with E-state index in [2.05, 4.69) is 16.0 Å². The molecule has 1 aliphatic heterocycles. The Bertz CT molecular complexity index is 1160. The van der Waals surface area contributed by atoms with Crippen LogP contribution in [0, 0.1) is 11.8 Å². The summed E-state index contributed by atoms with van der Waals surface area (Å²) < 4.78 is 21.6. The fourth-order valence-corrected chi connectivity index (χ4v) is 6.51. The molecule has 36 heavy (non-hydrogen) atoms. The van der Waals surface area contributed by atoms with Crippen molar-refractivity contribution in [3.8, 4) is 5.75 Å². The third-order valence-electron chi connectivity index (χ3n) is 7.30. The first-order chi connectivity index (χ1) is 17.4. The Kier molecular flexibility index (Phi) is 9.57. The summed E-state index contributed by atoms with van der Waals surface area (Å²) in [6, 6.07) is 11.3. The average Bonchev–Trinajstić information content (AvgIpc) is 3.29. The van der Waals surface area contributed by atoms with Crippen LogP contribution in [0.2, 0.25) is 4.34 Å². The van der Waals surface area contributed by atoms with E-state index in [1.54, 1.807) is 30.7 Å². The second-order valence-electron chi connectivity index (χ2n) is 9.70. The lowest BCUT2D eigenvalue weighted by atomic mass is 9.79. The van der Waals surface area contributed by atoms with Crippen LogP contribution in [0.3, 0.4) is 0 Å². The van der Waals surface area contributed by atoms with E-state index in [9.17, 15) is 9.90 Å². The van der Waals surface area contributed by atoms with E-state index in [0.29, 0.717) is 24.2 Å². The lowest BCUT2D eigenvalue weighted by molar-refractivity contribution is -0.139. The number of ether oxygens (including phenoxy) is 1. The molecule has 3 heterocycles. The molecule has 0 unspecified atom stereocenters. The third-order valence-corrected chi connectivity index (χ3v) is 8.59. The molecule has 1 saturated heterocycles. The van der Waals surface area contributed by atoms with Crippen LogP contribution in [0.1, 0.15) is 55.1 Å². The zero-order valence-corrected chi connectivity index (χ0v) is 22.2. The zero-order chi connectivity index (χ0) is 25.5. The van der Waals surface area contributed by atoms with E-state index in [1.807, 2.05) is 24.3 Å². The number of carbonyl (C=O) groups is 1. The summed E-state index contributed by atoms with van der Waals surface area (Å²) in [5.74, 6) is 0.169. The summed E-state index contributed by atoms with van der Waals surface area (Å²) in [7, 11) is 1.60. The largest absolute Gasteiger partial charge is 0.497 e. The number of benzene rings is 1. The van der Waals surface area contributed by atoms with Crippen LogP contribution in [0.15, 0.2) is 42.6 Å². The Hall–Kier alpha value is -2.22. The van der Waals surface area contributed by atoms with E-state index in [1.165, 1.54) is 4.88 Å². The highest BCUT2D eigenvalue weighted by Gasteiger charge is 2.31. The van der Waals surface area contributed by atoms with Crippen LogP contribution in [0.5, 0.6) is 5.75 Å². The zero-order valence-electron chi connectivity index (χ0n) is 20.7. The van der Waals surface area contributed by atoms with Gasteiger partial charge in [-0.05, 0) is 105 Å². The Morgan fingerprint density at radius 3 is 2.89 bits per heavy atom. The molecule has 1 N–H and O–H groups in total. The molecule has 194 valence electrons. The van der Waals surface area contributed by atoms with Gasteiger partial charge in [0.05, 0.1) is 17.0 Å². The molecule has 0 amide bonds. The summed E-state index contributed by atoms with van der Waals surface area (Å²) >= 11 is 7.65. The van der Waals surface area contributed by atoms with E-state index in [4.69, 9.17) is 16.3 Å². The quantitative estimate of drug-likeness (QED) is 0.250. The van der Waals surface area contributed by atoms with E-state index < -0.39 is 12.1 Å². The van der Waals surface area contributed by atoms with Gasteiger partial charge in [-0.1, -0.05) is 11.6 Å². The smallest absolute Gasteiger partial charge is 0.303 e. The highest BCUT2D eigenvalue weighted by molar-refractivity contribution is 7.16. The van der Waals surface area contributed by atoms with Gasteiger partial charge in [-0.25, -0.2) is 4.39 Å². The molecule has 0 aliphatic carbocycles. The molecule has 0 spiro atoms. The highest BCUT2D eigenvalue weighted by atomic mass is 35.5. The van der Waals surface area contributed by atoms with Gasteiger partial charge in [0.2, 0.25) is 0 Å². The fourth-order valence-electron chi connectivity index (χ4n) is 5.38. The van der Waals surface area contributed by atoms with Crippen molar-refractivity contribution in [1.29, 1.82) is 0 Å². The minimum absolute atomic E-state index is 0.0498. The van der Waals surface area contributed by atoms with Gasteiger partial charge >= 0.3 is 5.97 Å². The first-order valence-corrected chi connectivity index (χ1v) is 13.9. The van der Waals surface area contributed by atoms with Crippen LogP contribution in [0.4, 0.5) is 4.39 Å². The van der Waals surface area contributed by atoms with Crippen molar-refractivity contribution >= 4 is 39.8 Å². The molecule has 3 atom stereocenters. The van der Waals surface area contributed by atoms with Crippen LogP contribution >= 0.6 is 22.9 Å². The molecule has 3 aromatic rings. The molecule has 5 nitrogen and oxygen atoms in total. The van der Waals surface area contributed by atoms with Gasteiger partial charge in [0.25, 0.3) is 0 Å². The van der Waals surface area contributed by atoms with Crippen LogP contribution in [0.25, 0.3) is 10.9 Å². The van der Waals surface area contributed by atoms with Crippen molar-refractivity contribution < 1.29 is 19.0 Å². The summed E-state index contributed by atoms with van der Waals surface area (Å²) in [5, 5.41) is 10.3. The van der Waals surface area contributed by atoms with Crippen LogP contribution in [-0.4, -0.2) is 47.7 Å². The van der Waals surface area contributed by atoms with E-state index >= 15 is 4.39 Å². The third kappa shape index (κ3) is 7.17. The molecular formula is C28H34ClFN2O3S. The van der Waals surface area contributed by atoms with Gasteiger partial charge in [-0.2, -0.15) is 0 Å². The second-order valence-corrected chi connectivity index (χ2v) is 11.5. The highest BCUT2D eigenvalue weighted by Crippen LogP contribution is 2.36. The number of aryl methyl sites for hydroxylation is 1. The number of piperidine rings is 1. The van der Waals surface area contributed by atoms with Gasteiger partial charge < -0.3 is 14.7 Å². The maximum absolute atomic E-state index is 15.5. The topological polar surface area (TPSA) is 62.7 Å². The number of unbranched alkanes of at least 4 members (excludes halogenated alkanes) is 1. The summed E-state index contributed by atoms with van der Waals surface area (Å²) in [5.41, 5.74) is 1.37. The van der Waals surface area contributed by atoms with Crippen molar-refractivity contribution in [2.75, 3.05) is 26.7 Å². The minimum atomic E-state index is -1.13. The summed E-state index contributed by atoms with van der Waals surface area (Å²) in [6.07, 6.45) is 5.82. The molecular weight excluding hydrogens is 499 g/mol. The van der Waals surface area contributed by atoms with Crippen LogP contribution in [-0.2, 0) is 11.2 Å². The lowest BCUT2D eigenvalue weighted by Gasteiger charge is -2.38. The number of methoxy groups -OCH3 is 1. The maximum atomic E-state index is 15.5. The van der Waals surface area contributed by atoms with Crippen molar-refractivity contribution in [2.24, 2.45) is 11.8 Å². The van der Waals surface area contributed by atoms with Crippen molar-refractivity contribution in [2.45, 2.75) is 51.1 Å². The number of hydrogen-bond acceptors (Lipinski definition) is 5. The molecule has 8 heteroatoms. The number of rotatable bonds is 12. The Morgan fingerprint density at radius 2 is 2.14 bits per heavy atom. The number of nitrogens with zero attached hydrogens (tertiary/aromatic N) is 2. The van der Waals surface area contributed by atoms with Gasteiger partial charge in [0.15, 0.2) is 0 Å². The SMILES string of the molecule is COc1ccc2nccc([C@H](F)CC[C@@H]3CCN(CCCCc4ccc(Cl)s4)C[C@@H]3CC(=O)O)c2c1. The first kappa shape index (κ1) is 26.8. The summed E-state index contributed by atoms with van der Waals surface area (Å²) in [6.45, 7) is 2.69. The molecule has 2 aromatic heterocycles. The molecule has 4 rings (SSSR count). The predicted octanol–water partition coefficient (Wildman–Crippen LogP) is 7.18. The number of carboxylic acids is 1. The number of hydrogen-bond donors (Lipinski definition) is 1. The van der Waals surface area contributed by atoms with Gasteiger partial charge in [0, 0.05) is 29.4 Å². The molecule has 1 aliphatic rings. The average molecular weight is 533 g/mol. The van der Waals surface area contributed by atoms with Gasteiger partial charge in [-0.15, -0.1) is 11.3 Å². The fraction of sp³-hybridized carbons (Fsp3) is 0.500. The van der Waals surface area contributed by atoms with Gasteiger partial charge in [0.1, 0.15) is 11.9 Å². The van der Waals surface area contributed by atoms with Crippen molar-refractivity contribution in [1.82, 2.24) is 9.88 Å². The number of pyridine rings is 1.